The minimum Gasteiger partial charge on any atom is -0.361 e. The zero-order chi connectivity index (χ0) is 19.5. The Bertz CT molecular complexity index is 1200. The van der Waals surface area contributed by atoms with Crippen LogP contribution < -0.4 is 10.9 Å². The number of H-pyrrole nitrogens is 2. The summed E-state index contributed by atoms with van der Waals surface area (Å²) >= 11 is 1.25. The number of rotatable bonds is 6. The maximum Gasteiger partial charge on any atom is 0.259 e. The number of para-hydroxylation sites is 2. The molecule has 142 valence electrons. The minimum atomic E-state index is -0.368. The van der Waals surface area contributed by atoms with Crippen LogP contribution in [0.3, 0.4) is 0 Å². The third kappa shape index (κ3) is 3.80. The number of carbonyl (C=O) groups excluding carboxylic acids is 1. The van der Waals surface area contributed by atoms with Gasteiger partial charge in [0.15, 0.2) is 5.16 Å². The number of hydrogen-bond donors (Lipinski definition) is 3. The highest BCUT2D eigenvalue weighted by Gasteiger charge is 2.16. The first kappa shape index (κ1) is 18.3. The van der Waals surface area contributed by atoms with Crippen LogP contribution in [0, 0.1) is 0 Å². The first-order chi connectivity index (χ1) is 13.6. The Morgan fingerprint density at radius 1 is 1.14 bits per heavy atom. The summed E-state index contributed by atoms with van der Waals surface area (Å²) in [5, 5.41) is 4.76. The molecule has 0 aliphatic heterocycles. The van der Waals surface area contributed by atoms with Crippen LogP contribution in [0.2, 0.25) is 0 Å². The van der Waals surface area contributed by atoms with Crippen molar-refractivity contribution in [3.63, 3.8) is 0 Å². The lowest BCUT2D eigenvalue weighted by Gasteiger charge is -2.11. The van der Waals surface area contributed by atoms with Crippen LogP contribution in [0.4, 0.5) is 0 Å². The second-order valence-electron chi connectivity index (χ2n) is 6.55. The maximum atomic E-state index is 12.4. The van der Waals surface area contributed by atoms with Crippen molar-refractivity contribution < 1.29 is 4.79 Å². The van der Waals surface area contributed by atoms with Crippen LogP contribution in [-0.4, -0.2) is 32.7 Å². The molecule has 0 fully saturated rings. The molecule has 2 aromatic heterocycles. The van der Waals surface area contributed by atoms with Crippen LogP contribution in [0.15, 0.2) is 64.7 Å². The van der Waals surface area contributed by atoms with Crippen LogP contribution in [-0.2, 0) is 11.2 Å². The summed E-state index contributed by atoms with van der Waals surface area (Å²) in [6.07, 6.45) is 2.73. The number of nitrogens with one attached hydrogen (secondary N) is 3. The highest BCUT2D eigenvalue weighted by molar-refractivity contribution is 8.00. The number of aromatic amines is 2. The van der Waals surface area contributed by atoms with Gasteiger partial charge in [0.2, 0.25) is 5.91 Å². The Kier molecular flexibility index (Phi) is 5.16. The van der Waals surface area contributed by atoms with E-state index in [0.717, 1.165) is 11.9 Å². The molecule has 0 aliphatic carbocycles. The monoisotopic (exact) mass is 392 g/mol. The van der Waals surface area contributed by atoms with Gasteiger partial charge in [0.05, 0.1) is 16.2 Å². The van der Waals surface area contributed by atoms with Crippen LogP contribution in [0.25, 0.3) is 21.8 Å². The fourth-order valence-corrected chi connectivity index (χ4v) is 3.97. The molecule has 3 N–H and O–H groups in total. The molecule has 4 rings (SSSR count). The second-order valence-corrected chi connectivity index (χ2v) is 7.88. The second kappa shape index (κ2) is 7.90. The molecule has 28 heavy (non-hydrogen) atoms. The molecule has 1 unspecified atom stereocenters. The van der Waals surface area contributed by atoms with E-state index in [1.165, 1.54) is 22.7 Å². The molecule has 0 saturated carbocycles. The van der Waals surface area contributed by atoms with E-state index in [9.17, 15) is 9.59 Å². The van der Waals surface area contributed by atoms with Crippen molar-refractivity contribution in [3.05, 3.63) is 70.6 Å². The molecule has 0 bridgehead atoms. The molecule has 0 saturated heterocycles. The Morgan fingerprint density at radius 2 is 1.89 bits per heavy atom. The number of fused-ring (bicyclic) bond motifs is 2. The Morgan fingerprint density at radius 3 is 2.75 bits per heavy atom. The van der Waals surface area contributed by atoms with Gasteiger partial charge >= 0.3 is 0 Å². The van der Waals surface area contributed by atoms with E-state index >= 15 is 0 Å². The van der Waals surface area contributed by atoms with Gasteiger partial charge in [-0.25, -0.2) is 4.98 Å². The predicted octanol–water partition coefficient (Wildman–Crippen LogP) is 3.24. The largest absolute Gasteiger partial charge is 0.361 e. The molecule has 2 aromatic carbocycles. The molecule has 1 amide bonds. The number of aromatic nitrogens is 3. The van der Waals surface area contributed by atoms with Crippen molar-refractivity contribution in [1.29, 1.82) is 0 Å². The van der Waals surface area contributed by atoms with Gasteiger partial charge < -0.3 is 15.3 Å². The first-order valence-electron chi connectivity index (χ1n) is 9.10. The van der Waals surface area contributed by atoms with E-state index in [2.05, 4.69) is 26.3 Å². The molecule has 0 radical (unpaired) electrons. The van der Waals surface area contributed by atoms with Crippen molar-refractivity contribution in [2.75, 3.05) is 6.54 Å². The van der Waals surface area contributed by atoms with Gasteiger partial charge in [-0.15, -0.1) is 0 Å². The molecule has 0 spiro atoms. The Balaban J connectivity index is 1.36. The third-order valence-electron chi connectivity index (χ3n) is 4.62. The number of hydrogen-bond acceptors (Lipinski definition) is 4. The lowest BCUT2D eigenvalue weighted by molar-refractivity contribution is -0.120. The van der Waals surface area contributed by atoms with Gasteiger partial charge in [-0.3, -0.25) is 9.59 Å². The van der Waals surface area contributed by atoms with E-state index < -0.39 is 0 Å². The summed E-state index contributed by atoms with van der Waals surface area (Å²) in [7, 11) is 0. The van der Waals surface area contributed by atoms with Crippen molar-refractivity contribution in [2.45, 2.75) is 23.8 Å². The summed E-state index contributed by atoms with van der Waals surface area (Å²) < 4.78 is 0. The average Bonchev–Trinajstić information content (AvgIpc) is 3.11. The standard InChI is InChI=1S/C21H20N4O2S/c1-13(28-21-24-18-9-5-3-7-16(18)20(27)25-21)19(26)22-11-10-14-12-23-17-8-4-2-6-15(14)17/h2-9,12-13,23H,10-11H2,1H3,(H,22,26)(H,24,25,27). The van der Waals surface area contributed by atoms with E-state index in [0.29, 0.717) is 22.6 Å². The van der Waals surface area contributed by atoms with Gasteiger partial charge in [-0.05, 0) is 37.1 Å². The molecule has 7 heteroatoms. The maximum absolute atomic E-state index is 12.4. The molecule has 1 atom stereocenters. The van der Waals surface area contributed by atoms with Crippen molar-refractivity contribution in [3.8, 4) is 0 Å². The number of nitrogens with zero attached hydrogens (tertiary/aromatic N) is 1. The lowest BCUT2D eigenvalue weighted by atomic mass is 10.1. The number of carbonyl (C=O) groups is 1. The number of thioether (sulfide) groups is 1. The quantitative estimate of drug-likeness (QED) is 0.347. The highest BCUT2D eigenvalue weighted by Crippen LogP contribution is 2.20. The summed E-state index contributed by atoms with van der Waals surface area (Å²) in [6.45, 7) is 2.36. The highest BCUT2D eigenvalue weighted by atomic mass is 32.2. The fraction of sp³-hybridized carbons (Fsp3) is 0.190. The third-order valence-corrected chi connectivity index (χ3v) is 5.60. The van der Waals surface area contributed by atoms with Gasteiger partial charge in [0.1, 0.15) is 0 Å². The van der Waals surface area contributed by atoms with Gasteiger partial charge in [0, 0.05) is 23.6 Å². The zero-order valence-electron chi connectivity index (χ0n) is 15.4. The topological polar surface area (TPSA) is 90.6 Å². The van der Waals surface area contributed by atoms with Gasteiger partial charge in [0.25, 0.3) is 5.56 Å². The van der Waals surface area contributed by atoms with Crippen LogP contribution >= 0.6 is 11.8 Å². The van der Waals surface area contributed by atoms with E-state index in [1.54, 1.807) is 25.1 Å². The van der Waals surface area contributed by atoms with Crippen molar-refractivity contribution in [2.24, 2.45) is 0 Å². The van der Waals surface area contributed by atoms with E-state index in [1.807, 2.05) is 30.5 Å². The smallest absolute Gasteiger partial charge is 0.259 e. The normalized spacial score (nSPS) is 12.3. The minimum absolute atomic E-state index is 0.0827. The SMILES string of the molecule is CC(Sc1nc2ccccc2c(=O)[nH]1)C(=O)NCCc1c[nH]c2ccccc12. The van der Waals surface area contributed by atoms with Gasteiger partial charge in [-0.2, -0.15) is 0 Å². The average molecular weight is 392 g/mol. The first-order valence-corrected chi connectivity index (χ1v) is 9.98. The zero-order valence-corrected chi connectivity index (χ0v) is 16.2. The lowest BCUT2D eigenvalue weighted by Crippen LogP contribution is -2.32. The van der Waals surface area contributed by atoms with E-state index in [4.69, 9.17) is 0 Å². The summed E-state index contributed by atoms with van der Waals surface area (Å²) in [6, 6.07) is 15.3. The summed E-state index contributed by atoms with van der Waals surface area (Å²) in [5.41, 5.74) is 2.71. The van der Waals surface area contributed by atoms with Crippen molar-refractivity contribution >= 4 is 39.5 Å². The molecular weight excluding hydrogens is 372 g/mol. The van der Waals surface area contributed by atoms with E-state index in [-0.39, 0.29) is 16.7 Å². The molecule has 4 aromatic rings. The summed E-state index contributed by atoms with van der Waals surface area (Å²) in [4.78, 5) is 35.0. The Labute approximate surface area is 165 Å². The van der Waals surface area contributed by atoms with Crippen LogP contribution in [0.1, 0.15) is 12.5 Å². The van der Waals surface area contributed by atoms with Crippen molar-refractivity contribution in [1.82, 2.24) is 20.3 Å². The Hall–Kier alpha value is -3.06. The molecule has 0 aliphatic rings. The van der Waals surface area contributed by atoms with Crippen LogP contribution in [0.5, 0.6) is 0 Å². The molecule has 2 heterocycles. The summed E-state index contributed by atoms with van der Waals surface area (Å²) in [5.74, 6) is -0.0827. The predicted molar refractivity (Wildman–Crippen MR) is 113 cm³/mol. The molecule has 6 nitrogen and oxygen atoms in total. The number of amides is 1. The fourth-order valence-electron chi connectivity index (χ4n) is 3.14. The number of benzene rings is 2. The molecular formula is C21H20N4O2S. The van der Waals surface area contributed by atoms with Gasteiger partial charge in [-0.1, -0.05) is 42.1 Å².